The third-order valence-electron chi connectivity index (χ3n) is 2.31. The summed E-state index contributed by atoms with van der Waals surface area (Å²) in [7, 11) is 0. The Hall–Kier alpha value is 0.370. The van der Waals surface area contributed by atoms with E-state index in [1.807, 2.05) is 0 Å². The van der Waals surface area contributed by atoms with Crippen molar-refractivity contribution >= 4 is 27.5 Å². The lowest BCUT2D eigenvalue weighted by molar-refractivity contribution is 0.152. The molecule has 0 aliphatic rings. The van der Waals surface area contributed by atoms with Crippen molar-refractivity contribution in [2.75, 3.05) is 5.33 Å². The Morgan fingerprint density at radius 3 is 1.94 bits per heavy atom. The van der Waals surface area contributed by atoms with Gasteiger partial charge in [-0.2, -0.15) is 8.78 Å². The number of allylic oxidation sites excluding steroid dienone is 2. The molecule has 16 heavy (non-hydrogen) atoms. The van der Waals surface area contributed by atoms with Gasteiger partial charge >= 0.3 is 5.38 Å². The molecule has 0 nitrogen and oxygen atoms in total. The Balaban J connectivity index is 3.13. The van der Waals surface area contributed by atoms with Gasteiger partial charge in [-0.05, 0) is 36.9 Å². The molecule has 0 N–H and O–H groups in total. The van der Waals surface area contributed by atoms with Gasteiger partial charge in [0.05, 0.1) is 0 Å². The highest BCUT2D eigenvalue weighted by atomic mass is 79.9. The second-order valence-electron chi connectivity index (χ2n) is 3.90. The van der Waals surface area contributed by atoms with E-state index in [9.17, 15) is 8.78 Å². The maximum Gasteiger partial charge on any atom is 0.341 e. The largest absolute Gasteiger partial charge is 0.341 e. The van der Waals surface area contributed by atoms with Gasteiger partial charge in [0.1, 0.15) is 0 Å². The molecule has 0 aromatic rings. The predicted molar refractivity (Wildman–Crippen MR) is 70.7 cm³/mol. The van der Waals surface area contributed by atoms with Gasteiger partial charge < -0.3 is 0 Å². The summed E-state index contributed by atoms with van der Waals surface area (Å²) < 4.78 is 24.3. The smallest absolute Gasteiger partial charge is 0.184 e. The minimum atomic E-state index is -3.17. The van der Waals surface area contributed by atoms with Gasteiger partial charge in [0.15, 0.2) is 0 Å². The molecule has 0 aromatic carbocycles. The van der Waals surface area contributed by atoms with Crippen molar-refractivity contribution in [3.8, 4) is 0 Å². The summed E-state index contributed by atoms with van der Waals surface area (Å²) in [5, 5.41) is -2.08. The van der Waals surface area contributed by atoms with Gasteiger partial charge in [-0.15, -0.1) is 0 Å². The van der Waals surface area contributed by atoms with Gasteiger partial charge in [-0.3, -0.25) is 0 Å². The van der Waals surface area contributed by atoms with Crippen molar-refractivity contribution in [3.63, 3.8) is 0 Å². The number of hydrogen-bond acceptors (Lipinski definition) is 0. The molecule has 0 spiro atoms. The molecule has 0 aliphatic carbocycles. The summed E-state index contributed by atoms with van der Waals surface area (Å²) in [5.41, 5.74) is 0. The molecule has 0 fully saturated rings. The molecule has 0 amide bonds. The van der Waals surface area contributed by atoms with Gasteiger partial charge in [0.25, 0.3) is 0 Å². The van der Waals surface area contributed by atoms with Crippen molar-refractivity contribution < 1.29 is 8.78 Å². The van der Waals surface area contributed by atoms with E-state index in [-0.39, 0.29) is 0 Å². The van der Waals surface area contributed by atoms with Crippen molar-refractivity contribution in [2.24, 2.45) is 0 Å². The Morgan fingerprint density at radius 1 is 0.938 bits per heavy atom. The molecule has 0 saturated heterocycles. The van der Waals surface area contributed by atoms with E-state index < -0.39 is 5.38 Å². The predicted octanol–water partition coefficient (Wildman–Crippen LogP) is 5.89. The lowest BCUT2D eigenvalue weighted by atomic mass is 10.1. The zero-order valence-corrected chi connectivity index (χ0v) is 11.9. The molecule has 0 bridgehead atoms. The molecule has 0 unspecified atom stereocenters. The van der Waals surface area contributed by atoms with Crippen molar-refractivity contribution in [3.05, 3.63) is 12.2 Å². The third-order valence-corrected chi connectivity index (χ3v) is 3.00. The monoisotopic (exact) mass is 316 g/mol. The van der Waals surface area contributed by atoms with Crippen LogP contribution in [0.1, 0.15) is 51.4 Å². The summed E-state index contributed by atoms with van der Waals surface area (Å²) >= 11 is 8.12. The van der Waals surface area contributed by atoms with Crippen LogP contribution in [-0.2, 0) is 0 Å². The molecule has 4 heteroatoms. The summed E-state index contributed by atoms with van der Waals surface area (Å²) in [5.74, 6) is 0. The molecule has 0 aliphatic heterocycles. The highest BCUT2D eigenvalue weighted by molar-refractivity contribution is 9.09. The summed E-state index contributed by atoms with van der Waals surface area (Å²) in [6, 6.07) is 0. The summed E-state index contributed by atoms with van der Waals surface area (Å²) in [6.07, 6.45) is 11.3. The van der Waals surface area contributed by atoms with Crippen molar-refractivity contribution in [1.82, 2.24) is 0 Å². The molecule has 0 rings (SSSR count). The fourth-order valence-electron chi connectivity index (χ4n) is 1.46. The average molecular weight is 318 g/mol. The fourth-order valence-corrected chi connectivity index (χ4v) is 1.94. The van der Waals surface area contributed by atoms with Gasteiger partial charge in [-0.1, -0.05) is 54.1 Å². The van der Waals surface area contributed by atoms with E-state index in [1.165, 1.54) is 38.2 Å². The highest BCUT2D eigenvalue weighted by Gasteiger charge is 2.18. The van der Waals surface area contributed by atoms with Crippen LogP contribution >= 0.6 is 27.5 Å². The SMILES string of the molecule is FC(F)(Cl)C=CCCCCCCCCCBr. The molecule has 0 heterocycles. The molecule has 0 radical (unpaired) electrons. The van der Waals surface area contributed by atoms with E-state index in [4.69, 9.17) is 11.6 Å². The second-order valence-corrected chi connectivity index (χ2v) is 5.19. The van der Waals surface area contributed by atoms with E-state index in [0.717, 1.165) is 24.2 Å². The summed E-state index contributed by atoms with van der Waals surface area (Å²) in [4.78, 5) is 0. The van der Waals surface area contributed by atoms with E-state index >= 15 is 0 Å². The first kappa shape index (κ1) is 16.4. The van der Waals surface area contributed by atoms with Crippen LogP contribution in [-0.4, -0.2) is 10.7 Å². The lowest BCUT2D eigenvalue weighted by Crippen LogP contribution is -1.98. The van der Waals surface area contributed by atoms with Crippen LogP contribution in [0.2, 0.25) is 0 Å². The molecule has 0 saturated carbocycles. The average Bonchev–Trinajstić information content (AvgIpc) is 2.19. The third kappa shape index (κ3) is 14.4. The standard InChI is InChI=1S/C12H20BrClF2/c13-11-9-7-5-3-1-2-4-6-8-10-12(14,15)16/h8,10H,1-7,9,11H2. The van der Waals surface area contributed by atoms with E-state index in [1.54, 1.807) is 0 Å². The minimum Gasteiger partial charge on any atom is -0.184 e. The Morgan fingerprint density at radius 2 is 1.44 bits per heavy atom. The molecule has 0 aromatic heterocycles. The van der Waals surface area contributed by atoms with Crippen molar-refractivity contribution in [2.45, 2.75) is 56.7 Å². The zero-order valence-electron chi connectivity index (χ0n) is 9.53. The van der Waals surface area contributed by atoms with Gasteiger partial charge in [0.2, 0.25) is 0 Å². The fraction of sp³-hybridized carbons (Fsp3) is 0.833. The summed E-state index contributed by atoms with van der Waals surface area (Å²) in [6.45, 7) is 0. The quantitative estimate of drug-likeness (QED) is 0.268. The van der Waals surface area contributed by atoms with Crippen LogP contribution < -0.4 is 0 Å². The van der Waals surface area contributed by atoms with Crippen LogP contribution in [0, 0.1) is 0 Å². The first-order chi connectivity index (χ1) is 7.56. The minimum absolute atomic E-state index is 0.698. The molecule has 0 atom stereocenters. The van der Waals surface area contributed by atoms with E-state index in [2.05, 4.69) is 15.9 Å². The van der Waals surface area contributed by atoms with Crippen LogP contribution in [0.3, 0.4) is 0 Å². The van der Waals surface area contributed by atoms with Gasteiger partial charge in [0, 0.05) is 5.33 Å². The number of unbranched alkanes of at least 4 members (excludes halogenated alkanes) is 7. The van der Waals surface area contributed by atoms with Gasteiger partial charge in [-0.25, -0.2) is 0 Å². The first-order valence-corrected chi connectivity index (χ1v) is 7.36. The molecule has 96 valence electrons. The topological polar surface area (TPSA) is 0 Å². The van der Waals surface area contributed by atoms with Crippen molar-refractivity contribution in [1.29, 1.82) is 0 Å². The molecular formula is C12H20BrClF2. The van der Waals surface area contributed by atoms with Crippen LogP contribution in [0.25, 0.3) is 0 Å². The highest BCUT2D eigenvalue weighted by Crippen LogP contribution is 2.20. The molecular weight excluding hydrogens is 297 g/mol. The van der Waals surface area contributed by atoms with E-state index in [0.29, 0.717) is 6.42 Å². The van der Waals surface area contributed by atoms with Crippen LogP contribution in [0.4, 0.5) is 8.78 Å². The normalized spacial score (nSPS) is 12.5. The van der Waals surface area contributed by atoms with Crippen LogP contribution in [0.5, 0.6) is 0 Å². The first-order valence-electron chi connectivity index (χ1n) is 5.86. The number of hydrogen-bond donors (Lipinski definition) is 0. The number of rotatable bonds is 10. The number of alkyl halides is 4. The maximum atomic E-state index is 12.1. The second kappa shape index (κ2) is 10.5. The zero-order chi connectivity index (χ0) is 12.3. The lowest BCUT2D eigenvalue weighted by Gasteiger charge is -2.00. The number of halogens is 4. The van der Waals surface area contributed by atoms with Crippen LogP contribution in [0.15, 0.2) is 12.2 Å². The Kier molecular flexibility index (Phi) is 10.8. The Labute approximate surface area is 111 Å². The Bertz CT molecular complexity index is 178. The maximum absolute atomic E-state index is 12.1.